The predicted octanol–water partition coefficient (Wildman–Crippen LogP) is 1.11. The molecule has 0 saturated heterocycles. The fourth-order valence-corrected chi connectivity index (χ4v) is 1.99. The summed E-state index contributed by atoms with van der Waals surface area (Å²) in [7, 11) is 3.24. The first-order chi connectivity index (χ1) is 10.1. The summed E-state index contributed by atoms with van der Waals surface area (Å²) in [5, 5.41) is 2.66. The lowest BCUT2D eigenvalue weighted by Crippen LogP contribution is -2.37. The van der Waals surface area contributed by atoms with E-state index in [0.717, 1.165) is 0 Å². The molecule has 1 amide bonds. The highest BCUT2D eigenvalue weighted by molar-refractivity contribution is 6.42. The third-order valence-corrected chi connectivity index (χ3v) is 3.07. The first-order valence-electron chi connectivity index (χ1n) is 6.50. The lowest BCUT2D eigenvalue weighted by atomic mass is 10.1. The summed E-state index contributed by atoms with van der Waals surface area (Å²) in [6.45, 7) is 0.239. The van der Waals surface area contributed by atoms with Gasteiger partial charge in [-0.3, -0.25) is 14.6 Å². The molecule has 2 aromatic heterocycles. The third-order valence-electron chi connectivity index (χ3n) is 3.07. The van der Waals surface area contributed by atoms with E-state index < -0.39 is 17.7 Å². The van der Waals surface area contributed by atoms with Crippen LogP contribution in [-0.4, -0.2) is 35.0 Å². The van der Waals surface area contributed by atoms with Crippen LogP contribution >= 0.6 is 0 Å². The lowest BCUT2D eigenvalue weighted by Gasteiger charge is -2.17. The molecule has 0 saturated carbocycles. The Hall–Kier alpha value is -2.47. The summed E-state index contributed by atoms with van der Waals surface area (Å²) in [4.78, 5) is 28.4. The first kappa shape index (κ1) is 14.9. The number of methoxy groups -OCH3 is 1. The minimum atomic E-state index is -0.676. The van der Waals surface area contributed by atoms with E-state index >= 15 is 0 Å². The van der Waals surface area contributed by atoms with Crippen LogP contribution in [0.3, 0.4) is 0 Å². The molecule has 110 valence electrons. The van der Waals surface area contributed by atoms with Crippen molar-refractivity contribution < 1.29 is 14.3 Å². The average molecular weight is 287 g/mol. The number of nitrogens with one attached hydrogen (secondary N) is 1. The van der Waals surface area contributed by atoms with Gasteiger partial charge in [0.1, 0.15) is 0 Å². The number of ketones is 1. The highest BCUT2D eigenvalue weighted by Gasteiger charge is 2.23. The topological polar surface area (TPSA) is 73.2 Å². The molecule has 0 spiro atoms. The molecule has 6 heteroatoms. The van der Waals surface area contributed by atoms with Gasteiger partial charge in [-0.25, -0.2) is 0 Å². The summed E-state index contributed by atoms with van der Waals surface area (Å²) in [6, 6.07) is 8.23. The SMILES string of the molecule is COC[C@@H](NC(=O)C(=O)c1cccn1C)c1ccccn1. The predicted molar refractivity (Wildman–Crippen MR) is 76.7 cm³/mol. The molecule has 0 aliphatic rings. The number of hydrogen-bond donors (Lipinski definition) is 1. The van der Waals surface area contributed by atoms with Crippen LogP contribution < -0.4 is 5.32 Å². The molecule has 0 bridgehead atoms. The summed E-state index contributed by atoms with van der Waals surface area (Å²) in [5.74, 6) is -1.26. The molecule has 0 aliphatic carbocycles. The summed E-state index contributed by atoms with van der Waals surface area (Å²) >= 11 is 0. The van der Waals surface area contributed by atoms with Gasteiger partial charge in [0, 0.05) is 26.6 Å². The van der Waals surface area contributed by atoms with Gasteiger partial charge in [-0.2, -0.15) is 0 Å². The van der Waals surface area contributed by atoms with Crippen molar-refractivity contribution in [1.82, 2.24) is 14.9 Å². The van der Waals surface area contributed by atoms with Crippen molar-refractivity contribution in [3.05, 3.63) is 54.1 Å². The van der Waals surface area contributed by atoms with E-state index in [-0.39, 0.29) is 6.61 Å². The van der Waals surface area contributed by atoms with Crippen LogP contribution in [-0.2, 0) is 16.6 Å². The maximum absolute atomic E-state index is 12.1. The number of Topliss-reactive ketones (excluding diaryl/α,β-unsaturated/α-hetero) is 1. The van der Waals surface area contributed by atoms with Crippen molar-refractivity contribution >= 4 is 11.7 Å². The lowest BCUT2D eigenvalue weighted by molar-refractivity contribution is -0.118. The summed E-state index contributed by atoms with van der Waals surface area (Å²) in [6.07, 6.45) is 3.34. The Morgan fingerprint density at radius 1 is 1.33 bits per heavy atom. The van der Waals surface area contributed by atoms with E-state index in [1.165, 1.54) is 7.11 Å². The van der Waals surface area contributed by atoms with Crippen LogP contribution in [0.2, 0.25) is 0 Å². The maximum Gasteiger partial charge on any atom is 0.294 e. The Labute approximate surface area is 122 Å². The normalized spacial score (nSPS) is 11.9. The Balaban J connectivity index is 2.12. The average Bonchev–Trinajstić information content (AvgIpc) is 2.93. The second kappa shape index (κ2) is 6.81. The van der Waals surface area contributed by atoms with Gasteiger partial charge in [-0.1, -0.05) is 6.07 Å². The number of hydrogen-bond acceptors (Lipinski definition) is 4. The molecule has 0 radical (unpaired) electrons. The van der Waals surface area contributed by atoms with E-state index in [2.05, 4.69) is 10.3 Å². The van der Waals surface area contributed by atoms with E-state index in [1.807, 2.05) is 6.07 Å². The van der Waals surface area contributed by atoms with E-state index in [0.29, 0.717) is 11.4 Å². The van der Waals surface area contributed by atoms with Crippen LogP contribution in [0.15, 0.2) is 42.7 Å². The van der Waals surface area contributed by atoms with Crippen molar-refractivity contribution in [2.24, 2.45) is 7.05 Å². The zero-order valence-corrected chi connectivity index (χ0v) is 11.9. The van der Waals surface area contributed by atoms with Crippen molar-refractivity contribution in [3.8, 4) is 0 Å². The number of aryl methyl sites for hydroxylation is 1. The van der Waals surface area contributed by atoms with Gasteiger partial charge in [0.15, 0.2) is 0 Å². The number of ether oxygens (including phenoxy) is 1. The van der Waals surface area contributed by atoms with Gasteiger partial charge in [-0.15, -0.1) is 0 Å². The van der Waals surface area contributed by atoms with Crippen LogP contribution in [0, 0.1) is 0 Å². The molecule has 6 nitrogen and oxygen atoms in total. The number of carbonyl (C=O) groups excluding carboxylic acids is 2. The molecule has 0 unspecified atom stereocenters. The van der Waals surface area contributed by atoms with E-state index in [4.69, 9.17) is 4.74 Å². The molecule has 0 aliphatic heterocycles. The summed E-state index contributed by atoms with van der Waals surface area (Å²) in [5.41, 5.74) is 0.983. The van der Waals surface area contributed by atoms with Gasteiger partial charge in [0.25, 0.3) is 11.7 Å². The number of aromatic nitrogens is 2. The molecule has 1 atom stereocenters. The van der Waals surface area contributed by atoms with Crippen molar-refractivity contribution in [1.29, 1.82) is 0 Å². The van der Waals surface area contributed by atoms with Gasteiger partial charge >= 0.3 is 0 Å². The minimum absolute atomic E-state index is 0.239. The number of pyridine rings is 1. The second-order valence-electron chi connectivity index (χ2n) is 4.57. The Morgan fingerprint density at radius 3 is 2.71 bits per heavy atom. The quantitative estimate of drug-likeness (QED) is 0.638. The van der Waals surface area contributed by atoms with Crippen LogP contribution in [0.1, 0.15) is 22.2 Å². The standard InChI is InChI=1S/C15H17N3O3/c1-18-9-5-7-13(18)14(19)15(20)17-12(10-21-2)11-6-3-4-8-16-11/h3-9,12H,10H2,1-2H3,(H,17,20)/t12-/m1/s1. The molecule has 0 fully saturated rings. The van der Waals surface area contributed by atoms with Gasteiger partial charge < -0.3 is 14.6 Å². The smallest absolute Gasteiger partial charge is 0.294 e. The van der Waals surface area contributed by atoms with E-state index in [1.54, 1.807) is 48.3 Å². The Morgan fingerprint density at radius 2 is 2.14 bits per heavy atom. The highest BCUT2D eigenvalue weighted by atomic mass is 16.5. The number of rotatable bonds is 6. The van der Waals surface area contributed by atoms with Crippen LogP contribution in [0.5, 0.6) is 0 Å². The third kappa shape index (κ3) is 3.55. The monoisotopic (exact) mass is 287 g/mol. The maximum atomic E-state index is 12.1. The van der Waals surface area contributed by atoms with Crippen molar-refractivity contribution in [2.45, 2.75) is 6.04 Å². The summed E-state index contributed by atoms with van der Waals surface area (Å²) < 4.78 is 6.69. The van der Waals surface area contributed by atoms with Gasteiger partial charge in [0.05, 0.1) is 24.0 Å². The molecule has 2 aromatic rings. The van der Waals surface area contributed by atoms with E-state index in [9.17, 15) is 9.59 Å². The van der Waals surface area contributed by atoms with Crippen molar-refractivity contribution in [2.75, 3.05) is 13.7 Å². The largest absolute Gasteiger partial charge is 0.382 e. The molecular formula is C15H17N3O3. The number of amides is 1. The number of carbonyl (C=O) groups is 2. The Kier molecular flexibility index (Phi) is 4.84. The zero-order chi connectivity index (χ0) is 15.2. The highest BCUT2D eigenvalue weighted by Crippen LogP contribution is 2.10. The minimum Gasteiger partial charge on any atom is -0.382 e. The molecular weight excluding hydrogens is 270 g/mol. The van der Waals surface area contributed by atoms with Crippen molar-refractivity contribution in [3.63, 3.8) is 0 Å². The van der Waals surface area contributed by atoms with Crippen LogP contribution in [0.4, 0.5) is 0 Å². The fourth-order valence-electron chi connectivity index (χ4n) is 1.99. The van der Waals surface area contributed by atoms with Gasteiger partial charge in [0.2, 0.25) is 0 Å². The second-order valence-corrected chi connectivity index (χ2v) is 4.57. The molecule has 2 heterocycles. The first-order valence-corrected chi connectivity index (χ1v) is 6.50. The zero-order valence-electron chi connectivity index (χ0n) is 11.9. The Bertz CT molecular complexity index is 622. The number of nitrogens with zero attached hydrogens (tertiary/aromatic N) is 2. The molecule has 1 N–H and O–H groups in total. The van der Waals surface area contributed by atoms with Crippen LogP contribution in [0.25, 0.3) is 0 Å². The fraction of sp³-hybridized carbons (Fsp3) is 0.267. The molecule has 2 rings (SSSR count). The van der Waals surface area contributed by atoms with Gasteiger partial charge in [-0.05, 0) is 24.3 Å². The molecule has 0 aromatic carbocycles. The molecule has 21 heavy (non-hydrogen) atoms.